The average Bonchev–Trinajstić information content (AvgIpc) is 2.28. The van der Waals surface area contributed by atoms with Crippen molar-refractivity contribution in [1.29, 1.82) is 0 Å². The van der Waals surface area contributed by atoms with E-state index in [-0.39, 0.29) is 5.78 Å². The molecule has 1 saturated carbocycles. The Balaban J connectivity index is 2.18. The summed E-state index contributed by atoms with van der Waals surface area (Å²) in [7, 11) is 3.19. The Morgan fingerprint density at radius 2 is 2.11 bits per heavy atom. The number of hydrogen-bond acceptors (Lipinski definition) is 3. The highest BCUT2D eigenvalue weighted by Crippen LogP contribution is 2.37. The Hall–Kier alpha value is -1.06. The summed E-state index contributed by atoms with van der Waals surface area (Å²) in [6, 6.07) is 5.31. The molecule has 1 aliphatic rings. The van der Waals surface area contributed by atoms with E-state index in [9.17, 15) is 4.79 Å². The van der Waals surface area contributed by atoms with Crippen LogP contribution in [0.1, 0.15) is 24.8 Å². The number of ketones is 1. The molecule has 2 rings (SSSR count). The van der Waals surface area contributed by atoms with Crippen molar-refractivity contribution >= 4 is 17.4 Å². The van der Waals surface area contributed by atoms with Gasteiger partial charge in [0.1, 0.15) is 11.4 Å². The standard InChI is InChI=1S/C14H17ClO3/c1-17-12-5-4-11(15)8-10(12)9-13(16)14(18-2)6-3-7-14/h4-5,8H,3,6-7,9H2,1-2H3. The van der Waals surface area contributed by atoms with Gasteiger partial charge in [0.25, 0.3) is 0 Å². The molecule has 0 aliphatic heterocycles. The Kier molecular flexibility index (Phi) is 3.93. The summed E-state index contributed by atoms with van der Waals surface area (Å²) in [5.74, 6) is 0.801. The molecule has 18 heavy (non-hydrogen) atoms. The van der Waals surface area contributed by atoms with Crippen molar-refractivity contribution in [3.05, 3.63) is 28.8 Å². The van der Waals surface area contributed by atoms with Gasteiger partial charge in [0.2, 0.25) is 0 Å². The van der Waals surface area contributed by atoms with Crippen LogP contribution in [0, 0.1) is 0 Å². The largest absolute Gasteiger partial charge is 0.496 e. The zero-order valence-corrected chi connectivity index (χ0v) is 11.4. The summed E-state index contributed by atoms with van der Waals surface area (Å²) >= 11 is 5.96. The number of hydrogen-bond donors (Lipinski definition) is 0. The fourth-order valence-corrected chi connectivity index (χ4v) is 2.51. The number of benzene rings is 1. The molecule has 4 heteroatoms. The van der Waals surface area contributed by atoms with Gasteiger partial charge in [0.15, 0.2) is 5.78 Å². The van der Waals surface area contributed by atoms with Crippen LogP contribution < -0.4 is 4.74 Å². The van der Waals surface area contributed by atoms with E-state index in [1.165, 1.54) is 0 Å². The first-order chi connectivity index (χ1) is 8.61. The van der Waals surface area contributed by atoms with Crippen LogP contribution in [-0.2, 0) is 16.0 Å². The van der Waals surface area contributed by atoms with Gasteiger partial charge < -0.3 is 9.47 Å². The highest BCUT2D eigenvalue weighted by Gasteiger charge is 2.43. The highest BCUT2D eigenvalue weighted by molar-refractivity contribution is 6.30. The molecule has 0 N–H and O–H groups in total. The van der Waals surface area contributed by atoms with Crippen LogP contribution in [0.25, 0.3) is 0 Å². The topological polar surface area (TPSA) is 35.5 Å². The summed E-state index contributed by atoms with van der Waals surface area (Å²) in [5.41, 5.74) is 0.242. The van der Waals surface area contributed by atoms with Crippen LogP contribution in [0.15, 0.2) is 18.2 Å². The van der Waals surface area contributed by atoms with Crippen LogP contribution in [0.4, 0.5) is 0 Å². The highest BCUT2D eigenvalue weighted by atomic mass is 35.5. The van der Waals surface area contributed by atoms with Crippen molar-refractivity contribution in [2.45, 2.75) is 31.3 Å². The van der Waals surface area contributed by atoms with Gasteiger partial charge in [-0.25, -0.2) is 0 Å². The molecule has 1 aliphatic carbocycles. The number of methoxy groups -OCH3 is 2. The average molecular weight is 269 g/mol. The molecule has 0 atom stereocenters. The van der Waals surface area contributed by atoms with E-state index in [1.807, 2.05) is 0 Å². The molecule has 1 aromatic carbocycles. The minimum absolute atomic E-state index is 0.108. The number of Topliss-reactive ketones (excluding diaryl/α,β-unsaturated/α-hetero) is 1. The van der Waals surface area contributed by atoms with Crippen LogP contribution >= 0.6 is 11.6 Å². The van der Waals surface area contributed by atoms with E-state index in [2.05, 4.69) is 0 Å². The molecule has 3 nitrogen and oxygen atoms in total. The first kappa shape index (κ1) is 13.4. The molecule has 0 radical (unpaired) electrons. The van der Waals surface area contributed by atoms with E-state index < -0.39 is 5.60 Å². The lowest BCUT2D eigenvalue weighted by atomic mass is 9.75. The van der Waals surface area contributed by atoms with Crippen molar-refractivity contribution in [2.24, 2.45) is 0 Å². The fraction of sp³-hybridized carbons (Fsp3) is 0.500. The number of ether oxygens (including phenoxy) is 2. The molecule has 0 amide bonds. The number of halogens is 1. The van der Waals surface area contributed by atoms with Gasteiger partial charge in [-0.05, 0) is 37.5 Å². The van der Waals surface area contributed by atoms with Crippen LogP contribution in [0.5, 0.6) is 5.75 Å². The summed E-state index contributed by atoms with van der Waals surface area (Å²) < 4.78 is 10.6. The maximum Gasteiger partial charge on any atom is 0.169 e. The van der Waals surface area contributed by atoms with Gasteiger partial charge in [-0.1, -0.05) is 11.6 Å². The van der Waals surface area contributed by atoms with Gasteiger partial charge in [-0.15, -0.1) is 0 Å². The zero-order valence-electron chi connectivity index (χ0n) is 10.7. The van der Waals surface area contributed by atoms with Crippen LogP contribution in [0.3, 0.4) is 0 Å². The quantitative estimate of drug-likeness (QED) is 0.823. The zero-order chi connectivity index (χ0) is 13.2. The van der Waals surface area contributed by atoms with Gasteiger partial charge in [0, 0.05) is 24.1 Å². The van der Waals surface area contributed by atoms with E-state index in [0.717, 1.165) is 24.8 Å². The Morgan fingerprint density at radius 1 is 1.39 bits per heavy atom. The third kappa shape index (κ3) is 2.38. The third-order valence-electron chi connectivity index (χ3n) is 3.65. The molecule has 0 spiro atoms. The SMILES string of the molecule is COc1ccc(Cl)cc1CC(=O)C1(OC)CCC1. The molecule has 0 saturated heterocycles. The molecule has 0 heterocycles. The third-order valence-corrected chi connectivity index (χ3v) is 3.89. The van der Waals surface area contributed by atoms with Gasteiger partial charge in [-0.2, -0.15) is 0 Å². The minimum atomic E-state index is -0.576. The number of carbonyl (C=O) groups is 1. The van der Waals surface area contributed by atoms with Gasteiger partial charge >= 0.3 is 0 Å². The van der Waals surface area contributed by atoms with Gasteiger partial charge in [0.05, 0.1) is 7.11 Å². The molecule has 0 aromatic heterocycles. The number of carbonyl (C=O) groups excluding carboxylic acids is 1. The molecular weight excluding hydrogens is 252 g/mol. The van der Waals surface area contributed by atoms with Crippen molar-refractivity contribution in [1.82, 2.24) is 0 Å². The normalized spacial score (nSPS) is 17.1. The molecule has 1 aromatic rings. The first-order valence-corrected chi connectivity index (χ1v) is 6.40. The van der Waals surface area contributed by atoms with Crippen molar-refractivity contribution in [3.8, 4) is 5.75 Å². The van der Waals surface area contributed by atoms with Crippen molar-refractivity contribution in [2.75, 3.05) is 14.2 Å². The summed E-state index contributed by atoms with van der Waals surface area (Å²) in [6.45, 7) is 0. The lowest BCUT2D eigenvalue weighted by Gasteiger charge is -2.39. The van der Waals surface area contributed by atoms with Crippen LogP contribution in [0.2, 0.25) is 5.02 Å². The fourth-order valence-electron chi connectivity index (χ4n) is 2.31. The van der Waals surface area contributed by atoms with E-state index in [1.54, 1.807) is 32.4 Å². The smallest absolute Gasteiger partial charge is 0.169 e. The predicted octanol–water partition coefficient (Wildman–Crippen LogP) is 3.03. The molecular formula is C14H17ClO3. The summed E-state index contributed by atoms with van der Waals surface area (Å²) in [4.78, 5) is 12.3. The Bertz CT molecular complexity index is 447. The van der Waals surface area contributed by atoms with E-state index >= 15 is 0 Å². The monoisotopic (exact) mass is 268 g/mol. The second-order valence-electron chi connectivity index (χ2n) is 4.61. The van der Waals surface area contributed by atoms with Crippen molar-refractivity contribution < 1.29 is 14.3 Å². The first-order valence-electron chi connectivity index (χ1n) is 6.02. The molecule has 0 unspecified atom stereocenters. The molecule has 1 fully saturated rings. The Morgan fingerprint density at radius 3 is 2.61 bits per heavy atom. The number of rotatable bonds is 5. The second kappa shape index (κ2) is 5.29. The van der Waals surface area contributed by atoms with Gasteiger partial charge in [-0.3, -0.25) is 4.79 Å². The predicted molar refractivity (Wildman–Crippen MR) is 70.3 cm³/mol. The maximum absolute atomic E-state index is 12.3. The summed E-state index contributed by atoms with van der Waals surface area (Å²) in [6.07, 6.45) is 2.97. The van der Waals surface area contributed by atoms with Crippen LogP contribution in [-0.4, -0.2) is 25.6 Å². The lowest BCUT2D eigenvalue weighted by Crippen LogP contribution is -2.47. The summed E-state index contributed by atoms with van der Waals surface area (Å²) in [5, 5.41) is 0.610. The molecule has 98 valence electrons. The maximum atomic E-state index is 12.3. The molecule has 0 bridgehead atoms. The van der Waals surface area contributed by atoms with E-state index in [0.29, 0.717) is 17.2 Å². The lowest BCUT2D eigenvalue weighted by molar-refractivity contribution is -0.151. The second-order valence-corrected chi connectivity index (χ2v) is 5.04. The minimum Gasteiger partial charge on any atom is -0.496 e. The van der Waals surface area contributed by atoms with E-state index in [4.69, 9.17) is 21.1 Å². The van der Waals surface area contributed by atoms with Crippen molar-refractivity contribution in [3.63, 3.8) is 0 Å². The Labute approximate surface area is 112 Å².